The second-order valence-electron chi connectivity index (χ2n) is 8.54. The summed E-state index contributed by atoms with van der Waals surface area (Å²) in [4.78, 5) is 22.8. The molecule has 0 aliphatic rings. The minimum absolute atomic E-state index is 0.0733. The first kappa shape index (κ1) is 23.4. The molecule has 1 N–H and O–H groups in total. The quantitative estimate of drug-likeness (QED) is 0.351. The number of fused-ring (bicyclic) bond motifs is 1. The maximum atomic E-state index is 11.9. The van der Waals surface area contributed by atoms with Gasteiger partial charge in [-0.25, -0.2) is 4.98 Å². The number of carbonyl (C=O) groups excluding carboxylic acids is 1. The Labute approximate surface area is 209 Å². The van der Waals surface area contributed by atoms with Crippen LogP contribution in [0, 0.1) is 0 Å². The van der Waals surface area contributed by atoms with Gasteiger partial charge >= 0.3 is 0 Å². The first-order chi connectivity index (χ1) is 17.7. The zero-order chi connectivity index (χ0) is 24.9. The van der Waals surface area contributed by atoms with Crippen LogP contribution in [0.1, 0.15) is 6.92 Å². The molecule has 5 rings (SSSR count). The standard InChI is InChI=1S/C29H27N5O2/c1-21(36)33(18-19-35)16-17-34-20-25-26(22-8-4-2-5-9-22)27(23-12-14-30-15-13-23)28(31-29(25)32-34)24-10-6-3-7-11-24/h2-15,20,35H,16-19H2,1H3. The molecule has 0 radical (unpaired) electrons. The van der Waals surface area contributed by atoms with Crippen molar-refractivity contribution in [2.45, 2.75) is 13.5 Å². The molecule has 0 unspecified atom stereocenters. The van der Waals surface area contributed by atoms with E-state index < -0.39 is 0 Å². The third-order valence-electron chi connectivity index (χ3n) is 6.21. The predicted octanol–water partition coefficient (Wildman–Crippen LogP) is 4.67. The molecule has 0 saturated heterocycles. The molecule has 1 amide bonds. The first-order valence-electron chi connectivity index (χ1n) is 11.9. The number of rotatable bonds is 8. The molecule has 5 aromatic rings. The number of pyridine rings is 2. The van der Waals surface area contributed by atoms with Crippen molar-refractivity contribution in [3.63, 3.8) is 0 Å². The molecule has 2 aromatic carbocycles. The molecule has 0 bridgehead atoms. The molecule has 3 aromatic heterocycles. The monoisotopic (exact) mass is 477 g/mol. The zero-order valence-electron chi connectivity index (χ0n) is 20.1. The molecule has 3 heterocycles. The Bertz CT molecular complexity index is 1470. The van der Waals surface area contributed by atoms with E-state index >= 15 is 0 Å². The summed E-state index contributed by atoms with van der Waals surface area (Å²) in [6, 6.07) is 24.4. The lowest BCUT2D eigenvalue weighted by Gasteiger charge is -2.19. The van der Waals surface area contributed by atoms with Crippen LogP contribution in [0.3, 0.4) is 0 Å². The lowest BCUT2D eigenvalue weighted by atomic mass is 9.90. The zero-order valence-corrected chi connectivity index (χ0v) is 20.1. The van der Waals surface area contributed by atoms with Crippen LogP contribution in [-0.4, -0.2) is 55.4 Å². The Hall–Kier alpha value is -4.36. The van der Waals surface area contributed by atoms with Crippen LogP contribution in [-0.2, 0) is 11.3 Å². The number of nitrogens with zero attached hydrogens (tertiary/aromatic N) is 5. The molecule has 0 saturated carbocycles. The smallest absolute Gasteiger partial charge is 0.219 e. The fraction of sp³-hybridized carbons (Fsp3) is 0.172. The van der Waals surface area contributed by atoms with E-state index in [4.69, 9.17) is 10.1 Å². The Balaban J connectivity index is 1.73. The van der Waals surface area contributed by atoms with Crippen LogP contribution in [0.2, 0.25) is 0 Å². The predicted molar refractivity (Wildman–Crippen MR) is 141 cm³/mol. The molecule has 180 valence electrons. The topological polar surface area (TPSA) is 84.1 Å². The van der Waals surface area contributed by atoms with Crippen molar-refractivity contribution >= 4 is 16.9 Å². The number of aliphatic hydroxyl groups excluding tert-OH is 1. The highest BCUT2D eigenvalue weighted by atomic mass is 16.3. The van der Waals surface area contributed by atoms with Gasteiger partial charge in [-0.2, -0.15) is 5.10 Å². The number of benzene rings is 2. The number of carbonyl (C=O) groups is 1. The molecular weight excluding hydrogens is 450 g/mol. The maximum absolute atomic E-state index is 11.9. The van der Waals surface area contributed by atoms with Crippen LogP contribution in [0.4, 0.5) is 0 Å². The Morgan fingerprint density at radius 2 is 1.50 bits per heavy atom. The van der Waals surface area contributed by atoms with E-state index in [9.17, 15) is 9.90 Å². The van der Waals surface area contributed by atoms with Crippen molar-refractivity contribution in [3.05, 3.63) is 91.4 Å². The lowest BCUT2D eigenvalue weighted by molar-refractivity contribution is -0.129. The summed E-state index contributed by atoms with van der Waals surface area (Å²) in [5.41, 5.74) is 6.66. The Morgan fingerprint density at radius 3 is 2.14 bits per heavy atom. The van der Waals surface area contributed by atoms with E-state index in [1.807, 2.05) is 59.4 Å². The number of hydrogen-bond acceptors (Lipinski definition) is 5. The average molecular weight is 478 g/mol. The maximum Gasteiger partial charge on any atom is 0.219 e. The molecule has 7 heteroatoms. The highest BCUT2D eigenvalue weighted by molar-refractivity contribution is 6.05. The molecule has 0 atom stereocenters. The summed E-state index contributed by atoms with van der Waals surface area (Å²) < 4.78 is 1.84. The molecule has 0 aliphatic carbocycles. The summed E-state index contributed by atoms with van der Waals surface area (Å²) in [7, 11) is 0. The fourth-order valence-corrected chi connectivity index (χ4v) is 4.48. The summed E-state index contributed by atoms with van der Waals surface area (Å²) in [5, 5.41) is 15.0. The van der Waals surface area contributed by atoms with Gasteiger partial charge in [0, 0.05) is 60.7 Å². The second-order valence-corrected chi connectivity index (χ2v) is 8.54. The van der Waals surface area contributed by atoms with E-state index in [1.54, 1.807) is 17.3 Å². The summed E-state index contributed by atoms with van der Waals surface area (Å²) in [6.45, 7) is 2.68. The van der Waals surface area contributed by atoms with E-state index in [0.29, 0.717) is 25.3 Å². The second kappa shape index (κ2) is 10.5. The van der Waals surface area contributed by atoms with Crippen LogP contribution >= 0.6 is 0 Å². The average Bonchev–Trinajstić information content (AvgIpc) is 3.34. The number of hydrogen-bond donors (Lipinski definition) is 1. The largest absolute Gasteiger partial charge is 0.395 e. The van der Waals surface area contributed by atoms with Gasteiger partial charge in [-0.1, -0.05) is 60.7 Å². The number of aromatic nitrogens is 4. The normalized spacial score (nSPS) is 11.1. The number of aliphatic hydroxyl groups is 1. The molecule has 0 fully saturated rings. The summed E-state index contributed by atoms with van der Waals surface area (Å²) in [6.07, 6.45) is 5.59. The van der Waals surface area contributed by atoms with E-state index in [0.717, 1.165) is 38.9 Å². The number of amides is 1. The van der Waals surface area contributed by atoms with Crippen LogP contribution < -0.4 is 0 Å². The van der Waals surface area contributed by atoms with Crippen molar-refractivity contribution in [3.8, 4) is 33.5 Å². The van der Waals surface area contributed by atoms with Gasteiger partial charge in [-0.05, 0) is 23.3 Å². The molecule has 0 aliphatic heterocycles. The van der Waals surface area contributed by atoms with Crippen molar-refractivity contribution < 1.29 is 9.90 Å². The summed E-state index contributed by atoms with van der Waals surface area (Å²) >= 11 is 0. The minimum atomic E-state index is -0.0739. The van der Waals surface area contributed by atoms with Gasteiger partial charge in [-0.3, -0.25) is 14.5 Å². The molecular formula is C29H27N5O2. The van der Waals surface area contributed by atoms with Crippen LogP contribution in [0.25, 0.3) is 44.5 Å². The van der Waals surface area contributed by atoms with E-state index in [-0.39, 0.29) is 12.5 Å². The highest BCUT2D eigenvalue weighted by Crippen LogP contribution is 2.42. The lowest BCUT2D eigenvalue weighted by Crippen LogP contribution is -2.34. The Morgan fingerprint density at radius 1 is 0.861 bits per heavy atom. The van der Waals surface area contributed by atoms with Crippen molar-refractivity contribution in [1.29, 1.82) is 0 Å². The SMILES string of the molecule is CC(=O)N(CCO)CCn1cc2c(-c3ccccc3)c(-c3ccncc3)c(-c3ccccc3)nc2n1. The third kappa shape index (κ3) is 4.74. The van der Waals surface area contributed by atoms with Gasteiger partial charge in [0.15, 0.2) is 5.65 Å². The van der Waals surface area contributed by atoms with Crippen molar-refractivity contribution in [1.82, 2.24) is 24.6 Å². The first-order valence-corrected chi connectivity index (χ1v) is 11.9. The van der Waals surface area contributed by atoms with Crippen LogP contribution in [0.15, 0.2) is 91.4 Å². The van der Waals surface area contributed by atoms with Gasteiger partial charge in [0.25, 0.3) is 0 Å². The molecule has 0 spiro atoms. The fourth-order valence-electron chi connectivity index (χ4n) is 4.48. The van der Waals surface area contributed by atoms with Gasteiger partial charge in [-0.15, -0.1) is 0 Å². The van der Waals surface area contributed by atoms with Crippen LogP contribution in [0.5, 0.6) is 0 Å². The van der Waals surface area contributed by atoms with Gasteiger partial charge in [0.05, 0.1) is 18.8 Å². The molecule has 7 nitrogen and oxygen atoms in total. The van der Waals surface area contributed by atoms with Gasteiger partial charge in [0.1, 0.15) is 0 Å². The molecule has 36 heavy (non-hydrogen) atoms. The van der Waals surface area contributed by atoms with Crippen molar-refractivity contribution in [2.24, 2.45) is 0 Å². The minimum Gasteiger partial charge on any atom is -0.395 e. The van der Waals surface area contributed by atoms with Gasteiger partial charge < -0.3 is 10.0 Å². The van der Waals surface area contributed by atoms with Gasteiger partial charge in [0.2, 0.25) is 5.91 Å². The van der Waals surface area contributed by atoms with Crippen molar-refractivity contribution in [2.75, 3.05) is 19.7 Å². The van der Waals surface area contributed by atoms with E-state index in [2.05, 4.69) is 29.2 Å². The highest BCUT2D eigenvalue weighted by Gasteiger charge is 2.21. The van der Waals surface area contributed by atoms with E-state index in [1.165, 1.54) is 6.92 Å². The Kier molecular flexibility index (Phi) is 6.82. The summed E-state index contributed by atoms with van der Waals surface area (Å²) in [5.74, 6) is -0.0739. The third-order valence-corrected chi connectivity index (χ3v) is 6.21.